The highest BCUT2D eigenvalue weighted by atomic mass is 16.1. The van der Waals surface area contributed by atoms with E-state index in [0.29, 0.717) is 11.5 Å². The molecule has 1 aliphatic carbocycles. The third-order valence-electron chi connectivity index (χ3n) is 4.46. The summed E-state index contributed by atoms with van der Waals surface area (Å²) in [5.74, 6) is 0.414. The molecule has 5 heteroatoms. The van der Waals surface area contributed by atoms with Crippen molar-refractivity contribution < 1.29 is 4.79 Å². The SMILES string of the molecule is Cc1cc(C(=O)N[C@@H]2C[C@H]2c2ccccc2)ccc1-n1cncn1. The molecule has 1 N–H and O–H groups in total. The summed E-state index contributed by atoms with van der Waals surface area (Å²) in [5.41, 5.74) is 3.89. The largest absolute Gasteiger partial charge is 0.349 e. The van der Waals surface area contributed by atoms with Gasteiger partial charge in [0.05, 0.1) is 5.69 Å². The summed E-state index contributed by atoms with van der Waals surface area (Å²) >= 11 is 0. The summed E-state index contributed by atoms with van der Waals surface area (Å²) in [4.78, 5) is 16.4. The van der Waals surface area contributed by atoms with E-state index in [-0.39, 0.29) is 11.9 Å². The van der Waals surface area contributed by atoms with E-state index >= 15 is 0 Å². The van der Waals surface area contributed by atoms with Crippen LogP contribution in [0.1, 0.15) is 33.8 Å². The molecule has 1 saturated carbocycles. The fraction of sp³-hybridized carbons (Fsp3) is 0.211. The van der Waals surface area contributed by atoms with Crippen LogP contribution in [0.25, 0.3) is 5.69 Å². The molecule has 5 nitrogen and oxygen atoms in total. The number of carbonyl (C=O) groups excluding carboxylic acids is 1. The molecule has 4 rings (SSSR count). The van der Waals surface area contributed by atoms with Crippen LogP contribution in [0.3, 0.4) is 0 Å². The van der Waals surface area contributed by atoms with E-state index in [0.717, 1.165) is 17.7 Å². The lowest BCUT2D eigenvalue weighted by molar-refractivity contribution is 0.0950. The molecule has 0 radical (unpaired) electrons. The Labute approximate surface area is 140 Å². The molecular weight excluding hydrogens is 300 g/mol. The smallest absolute Gasteiger partial charge is 0.251 e. The third-order valence-corrected chi connectivity index (χ3v) is 4.46. The van der Waals surface area contributed by atoms with Gasteiger partial charge in [0.25, 0.3) is 5.91 Å². The summed E-state index contributed by atoms with van der Waals surface area (Å²) in [5, 5.41) is 7.26. The summed E-state index contributed by atoms with van der Waals surface area (Å²) < 4.78 is 1.70. The van der Waals surface area contributed by atoms with Gasteiger partial charge in [-0.15, -0.1) is 0 Å². The van der Waals surface area contributed by atoms with Gasteiger partial charge in [-0.1, -0.05) is 30.3 Å². The van der Waals surface area contributed by atoms with Gasteiger partial charge in [-0.3, -0.25) is 4.79 Å². The van der Waals surface area contributed by atoms with Gasteiger partial charge >= 0.3 is 0 Å². The number of benzene rings is 2. The van der Waals surface area contributed by atoms with Crippen molar-refractivity contribution in [3.63, 3.8) is 0 Å². The Hall–Kier alpha value is -2.95. The quantitative estimate of drug-likeness (QED) is 0.804. The average molecular weight is 318 g/mol. The molecule has 1 aromatic heterocycles. The van der Waals surface area contributed by atoms with Gasteiger partial charge in [-0.2, -0.15) is 5.10 Å². The fourth-order valence-corrected chi connectivity index (χ4v) is 3.06. The lowest BCUT2D eigenvalue weighted by atomic mass is 10.1. The summed E-state index contributed by atoms with van der Waals surface area (Å²) in [7, 11) is 0. The van der Waals surface area contributed by atoms with Crippen LogP contribution in [-0.2, 0) is 0 Å². The predicted octanol–water partition coefficient (Wildman–Crippen LogP) is 2.86. The maximum Gasteiger partial charge on any atom is 0.251 e. The standard InChI is InChI=1S/C19H18N4O/c1-13-9-15(7-8-18(13)23-12-20-11-21-23)19(24)22-17-10-16(17)14-5-3-2-4-6-14/h2-9,11-12,16-17H,10H2,1H3,(H,22,24)/t16-,17+/m0/s1. The molecule has 24 heavy (non-hydrogen) atoms. The number of rotatable bonds is 4. The monoisotopic (exact) mass is 318 g/mol. The van der Waals surface area contributed by atoms with E-state index in [9.17, 15) is 4.79 Å². The van der Waals surface area contributed by atoms with Gasteiger partial charge in [0, 0.05) is 17.5 Å². The molecule has 0 bridgehead atoms. The zero-order valence-corrected chi connectivity index (χ0v) is 13.4. The predicted molar refractivity (Wildman–Crippen MR) is 91.2 cm³/mol. The van der Waals surface area contributed by atoms with Crippen molar-refractivity contribution in [1.29, 1.82) is 0 Å². The Balaban J connectivity index is 1.45. The molecule has 0 aliphatic heterocycles. The summed E-state index contributed by atoms with van der Waals surface area (Å²) in [6, 6.07) is 16.2. The molecular formula is C19H18N4O. The van der Waals surface area contributed by atoms with E-state index in [1.165, 1.54) is 11.9 Å². The Kier molecular flexibility index (Phi) is 3.61. The Morgan fingerprint density at radius 3 is 2.75 bits per heavy atom. The van der Waals surface area contributed by atoms with Crippen molar-refractivity contribution in [3.05, 3.63) is 77.9 Å². The zero-order chi connectivity index (χ0) is 16.5. The summed E-state index contributed by atoms with van der Waals surface area (Å²) in [6.07, 6.45) is 4.15. The van der Waals surface area contributed by atoms with Crippen LogP contribution in [0.4, 0.5) is 0 Å². The van der Waals surface area contributed by atoms with Crippen LogP contribution in [0.2, 0.25) is 0 Å². The molecule has 0 saturated heterocycles. The first-order chi connectivity index (χ1) is 11.7. The van der Waals surface area contributed by atoms with Gasteiger partial charge in [0.1, 0.15) is 12.7 Å². The summed E-state index contributed by atoms with van der Waals surface area (Å²) in [6.45, 7) is 1.97. The van der Waals surface area contributed by atoms with Crippen molar-refractivity contribution in [2.45, 2.75) is 25.3 Å². The van der Waals surface area contributed by atoms with Gasteiger partial charge in [0.2, 0.25) is 0 Å². The van der Waals surface area contributed by atoms with Crippen LogP contribution < -0.4 is 5.32 Å². The normalized spacial score (nSPS) is 19.0. The number of aryl methyl sites for hydroxylation is 1. The lowest BCUT2D eigenvalue weighted by Crippen LogP contribution is -2.26. The molecule has 0 spiro atoms. The molecule has 2 aromatic carbocycles. The van der Waals surface area contributed by atoms with Crippen molar-refractivity contribution in [2.75, 3.05) is 0 Å². The van der Waals surface area contributed by atoms with Crippen molar-refractivity contribution in [3.8, 4) is 5.69 Å². The van der Waals surface area contributed by atoms with Gasteiger partial charge in [-0.25, -0.2) is 9.67 Å². The highest BCUT2D eigenvalue weighted by Gasteiger charge is 2.39. The average Bonchev–Trinajstić information content (AvgIpc) is 3.15. The van der Waals surface area contributed by atoms with Crippen molar-refractivity contribution >= 4 is 5.91 Å². The van der Waals surface area contributed by atoms with E-state index in [1.54, 1.807) is 11.0 Å². The van der Waals surface area contributed by atoms with Crippen LogP contribution in [-0.4, -0.2) is 26.7 Å². The van der Waals surface area contributed by atoms with Gasteiger partial charge in [0.15, 0.2) is 0 Å². The molecule has 1 amide bonds. The van der Waals surface area contributed by atoms with Crippen molar-refractivity contribution in [1.82, 2.24) is 20.1 Å². The minimum atomic E-state index is -0.0216. The van der Waals surface area contributed by atoms with Crippen LogP contribution >= 0.6 is 0 Å². The van der Waals surface area contributed by atoms with E-state index < -0.39 is 0 Å². The van der Waals surface area contributed by atoms with Gasteiger partial charge in [-0.05, 0) is 42.7 Å². The maximum atomic E-state index is 12.5. The number of carbonyl (C=O) groups is 1. The molecule has 1 aliphatic rings. The lowest BCUT2D eigenvalue weighted by Gasteiger charge is -2.09. The molecule has 3 aromatic rings. The first-order valence-electron chi connectivity index (χ1n) is 8.04. The molecule has 2 atom stereocenters. The minimum Gasteiger partial charge on any atom is -0.349 e. The molecule has 1 fully saturated rings. The highest BCUT2D eigenvalue weighted by molar-refractivity contribution is 5.95. The number of hydrogen-bond donors (Lipinski definition) is 1. The van der Waals surface area contributed by atoms with E-state index in [4.69, 9.17) is 0 Å². The molecule has 120 valence electrons. The van der Waals surface area contributed by atoms with Crippen LogP contribution in [0.5, 0.6) is 0 Å². The van der Waals surface area contributed by atoms with Crippen molar-refractivity contribution in [2.24, 2.45) is 0 Å². The fourth-order valence-electron chi connectivity index (χ4n) is 3.06. The topological polar surface area (TPSA) is 59.8 Å². The number of hydrogen-bond acceptors (Lipinski definition) is 3. The second-order valence-corrected chi connectivity index (χ2v) is 6.17. The third kappa shape index (κ3) is 2.80. The second-order valence-electron chi connectivity index (χ2n) is 6.17. The van der Waals surface area contributed by atoms with E-state index in [1.807, 2.05) is 43.3 Å². The minimum absolute atomic E-state index is 0.0216. The second kappa shape index (κ2) is 5.92. The van der Waals surface area contributed by atoms with Gasteiger partial charge < -0.3 is 5.32 Å². The maximum absolute atomic E-state index is 12.5. The highest BCUT2D eigenvalue weighted by Crippen LogP contribution is 2.40. The first kappa shape index (κ1) is 14.6. The number of aromatic nitrogens is 3. The molecule has 1 heterocycles. The Morgan fingerprint density at radius 2 is 2.04 bits per heavy atom. The number of amides is 1. The Morgan fingerprint density at radius 1 is 1.21 bits per heavy atom. The zero-order valence-electron chi connectivity index (χ0n) is 13.4. The molecule has 0 unspecified atom stereocenters. The number of nitrogens with zero attached hydrogens (tertiary/aromatic N) is 3. The van der Waals surface area contributed by atoms with Crippen LogP contribution in [0, 0.1) is 6.92 Å². The first-order valence-corrected chi connectivity index (χ1v) is 8.04. The number of nitrogens with one attached hydrogen (secondary N) is 1. The Bertz CT molecular complexity index is 858. The van der Waals surface area contributed by atoms with Crippen LogP contribution in [0.15, 0.2) is 61.2 Å². The van der Waals surface area contributed by atoms with E-state index in [2.05, 4.69) is 27.5 Å².